The van der Waals surface area contributed by atoms with Gasteiger partial charge in [0.2, 0.25) is 11.7 Å². The fourth-order valence-electron chi connectivity index (χ4n) is 3.31. The van der Waals surface area contributed by atoms with Crippen LogP contribution in [0.15, 0.2) is 56.8 Å². The summed E-state index contributed by atoms with van der Waals surface area (Å²) >= 11 is 1.80. The first kappa shape index (κ1) is 20.5. The summed E-state index contributed by atoms with van der Waals surface area (Å²) in [5.41, 5.74) is 0.812. The van der Waals surface area contributed by atoms with Gasteiger partial charge in [-0.15, -0.1) is 16.9 Å². The summed E-state index contributed by atoms with van der Waals surface area (Å²) < 4.78 is 8.56. The molecule has 1 N–H and O–H groups in total. The molecule has 1 amide bonds. The monoisotopic (exact) mass is 426 g/mol. The van der Waals surface area contributed by atoms with Gasteiger partial charge in [0.1, 0.15) is 0 Å². The Hall–Kier alpha value is -2.74. The molecule has 0 saturated heterocycles. The van der Waals surface area contributed by atoms with Crippen LogP contribution in [-0.4, -0.2) is 32.0 Å². The molecular formula is C22H26N4O3S. The zero-order valence-electron chi connectivity index (χ0n) is 17.2. The summed E-state index contributed by atoms with van der Waals surface area (Å²) in [7, 11) is 0. The summed E-state index contributed by atoms with van der Waals surface area (Å²) in [5.74, 6) is 1.07. The first-order chi connectivity index (χ1) is 14.5. The van der Waals surface area contributed by atoms with Crippen molar-refractivity contribution in [2.24, 2.45) is 0 Å². The molecular weight excluding hydrogens is 400 g/mol. The molecule has 0 unspecified atom stereocenters. The molecule has 1 saturated carbocycles. The SMILES string of the molecule is CC(C)Sc1ccc(CC(=O)NCCn2nc(-c3ccco3)n(C3CC3)c2=O)cc1. The second kappa shape index (κ2) is 8.95. The second-order valence-corrected chi connectivity index (χ2v) is 9.40. The molecule has 0 bridgehead atoms. The first-order valence-electron chi connectivity index (χ1n) is 10.3. The van der Waals surface area contributed by atoms with Gasteiger partial charge in [-0.05, 0) is 42.7 Å². The standard InChI is InChI=1S/C22H26N4O3S/c1-15(2)30-18-9-5-16(6-10-18)14-20(27)23-11-12-25-22(28)26(17-7-8-17)21(24-25)19-4-3-13-29-19/h3-6,9-10,13,15,17H,7-8,11-12,14H2,1-2H3,(H,23,27). The van der Waals surface area contributed by atoms with E-state index in [2.05, 4.69) is 24.3 Å². The molecule has 1 fully saturated rings. The third-order valence-electron chi connectivity index (χ3n) is 4.83. The van der Waals surface area contributed by atoms with E-state index < -0.39 is 0 Å². The number of rotatable bonds is 9. The number of carbonyl (C=O) groups excluding carboxylic acids is 1. The van der Waals surface area contributed by atoms with Crippen LogP contribution in [0.3, 0.4) is 0 Å². The van der Waals surface area contributed by atoms with Gasteiger partial charge >= 0.3 is 5.69 Å². The normalized spacial score (nSPS) is 13.7. The van der Waals surface area contributed by atoms with Crippen LogP contribution in [0.4, 0.5) is 0 Å². The van der Waals surface area contributed by atoms with E-state index in [1.54, 1.807) is 34.7 Å². The lowest BCUT2D eigenvalue weighted by molar-refractivity contribution is -0.120. The molecule has 0 atom stereocenters. The van der Waals surface area contributed by atoms with Crippen molar-refractivity contribution in [1.29, 1.82) is 0 Å². The minimum atomic E-state index is -0.156. The molecule has 30 heavy (non-hydrogen) atoms. The van der Waals surface area contributed by atoms with Crippen LogP contribution in [0.5, 0.6) is 0 Å². The number of nitrogens with zero attached hydrogens (tertiary/aromatic N) is 3. The number of hydrogen-bond donors (Lipinski definition) is 1. The smallest absolute Gasteiger partial charge is 0.346 e. The molecule has 2 heterocycles. The van der Waals surface area contributed by atoms with Crippen molar-refractivity contribution < 1.29 is 9.21 Å². The largest absolute Gasteiger partial charge is 0.461 e. The van der Waals surface area contributed by atoms with Gasteiger partial charge in [-0.1, -0.05) is 26.0 Å². The number of carbonyl (C=O) groups is 1. The van der Waals surface area contributed by atoms with Crippen LogP contribution >= 0.6 is 11.8 Å². The molecule has 0 aliphatic heterocycles. The maximum absolute atomic E-state index is 12.7. The summed E-state index contributed by atoms with van der Waals surface area (Å²) in [6.45, 7) is 4.98. The van der Waals surface area contributed by atoms with Crippen molar-refractivity contribution in [2.45, 2.75) is 55.8 Å². The summed E-state index contributed by atoms with van der Waals surface area (Å²) in [6, 6.07) is 11.9. The summed E-state index contributed by atoms with van der Waals surface area (Å²) in [5, 5.41) is 7.86. The van der Waals surface area contributed by atoms with E-state index in [0.717, 1.165) is 18.4 Å². The zero-order valence-corrected chi connectivity index (χ0v) is 18.0. The highest BCUT2D eigenvalue weighted by Crippen LogP contribution is 2.36. The van der Waals surface area contributed by atoms with Gasteiger partial charge in [0, 0.05) is 22.7 Å². The van der Waals surface area contributed by atoms with Crippen LogP contribution in [0.2, 0.25) is 0 Å². The van der Waals surface area contributed by atoms with Crippen LogP contribution in [0.1, 0.15) is 38.3 Å². The van der Waals surface area contributed by atoms with Crippen molar-refractivity contribution in [3.8, 4) is 11.6 Å². The molecule has 1 aliphatic rings. The predicted octanol–water partition coefficient (Wildman–Crippen LogP) is 3.50. The molecule has 158 valence electrons. The third kappa shape index (κ3) is 4.87. The molecule has 0 radical (unpaired) electrons. The number of hydrogen-bond acceptors (Lipinski definition) is 5. The Balaban J connectivity index is 1.34. The number of furan rings is 1. The highest BCUT2D eigenvalue weighted by molar-refractivity contribution is 7.99. The predicted molar refractivity (Wildman–Crippen MR) is 117 cm³/mol. The van der Waals surface area contributed by atoms with E-state index in [0.29, 0.717) is 36.3 Å². The number of thioether (sulfide) groups is 1. The van der Waals surface area contributed by atoms with Gasteiger partial charge in [-0.2, -0.15) is 0 Å². The van der Waals surface area contributed by atoms with Gasteiger partial charge in [-0.3, -0.25) is 9.36 Å². The van der Waals surface area contributed by atoms with Crippen molar-refractivity contribution in [3.63, 3.8) is 0 Å². The Morgan fingerprint density at radius 1 is 1.27 bits per heavy atom. The van der Waals surface area contributed by atoms with Gasteiger partial charge in [0.25, 0.3) is 0 Å². The maximum atomic E-state index is 12.7. The lowest BCUT2D eigenvalue weighted by Crippen LogP contribution is -2.32. The number of amides is 1. The minimum absolute atomic E-state index is 0.0693. The second-order valence-electron chi connectivity index (χ2n) is 7.75. The minimum Gasteiger partial charge on any atom is -0.461 e. The summed E-state index contributed by atoms with van der Waals surface area (Å²) in [4.78, 5) is 26.2. The number of aromatic nitrogens is 3. The van der Waals surface area contributed by atoms with Crippen LogP contribution in [-0.2, 0) is 17.8 Å². The maximum Gasteiger partial charge on any atom is 0.346 e. The molecule has 4 rings (SSSR count). The zero-order chi connectivity index (χ0) is 21.1. The van der Waals surface area contributed by atoms with Crippen molar-refractivity contribution >= 4 is 17.7 Å². The Morgan fingerprint density at radius 2 is 2.03 bits per heavy atom. The number of nitrogens with one attached hydrogen (secondary N) is 1. The summed E-state index contributed by atoms with van der Waals surface area (Å²) in [6.07, 6.45) is 3.84. The van der Waals surface area contributed by atoms with E-state index >= 15 is 0 Å². The van der Waals surface area contributed by atoms with Crippen LogP contribution in [0, 0.1) is 0 Å². The van der Waals surface area contributed by atoms with E-state index in [1.807, 2.05) is 24.3 Å². The Kier molecular flexibility index (Phi) is 6.13. The van der Waals surface area contributed by atoms with Crippen LogP contribution in [0.25, 0.3) is 11.6 Å². The third-order valence-corrected chi connectivity index (χ3v) is 5.85. The van der Waals surface area contributed by atoms with Gasteiger partial charge in [-0.25, -0.2) is 9.48 Å². The van der Waals surface area contributed by atoms with Crippen molar-refractivity contribution in [1.82, 2.24) is 19.7 Å². The molecule has 1 aliphatic carbocycles. The fourth-order valence-corrected chi connectivity index (χ4v) is 4.15. The Bertz CT molecular complexity index is 1050. The molecule has 7 nitrogen and oxygen atoms in total. The Morgan fingerprint density at radius 3 is 2.67 bits per heavy atom. The van der Waals surface area contributed by atoms with Gasteiger partial charge in [0.15, 0.2) is 5.76 Å². The molecule has 3 aromatic rings. The highest BCUT2D eigenvalue weighted by atomic mass is 32.2. The average Bonchev–Trinajstić information content (AvgIpc) is 3.28. The lowest BCUT2D eigenvalue weighted by Gasteiger charge is -2.07. The van der Waals surface area contributed by atoms with E-state index in [-0.39, 0.29) is 17.6 Å². The van der Waals surface area contributed by atoms with Gasteiger partial charge < -0.3 is 9.73 Å². The van der Waals surface area contributed by atoms with Crippen molar-refractivity contribution in [2.75, 3.05) is 6.54 Å². The van der Waals surface area contributed by atoms with E-state index in [9.17, 15) is 9.59 Å². The number of benzene rings is 1. The Labute approximate surface area is 179 Å². The van der Waals surface area contributed by atoms with E-state index in [1.165, 1.54) is 9.58 Å². The first-order valence-corrected chi connectivity index (χ1v) is 11.1. The fraction of sp³-hybridized carbons (Fsp3) is 0.409. The van der Waals surface area contributed by atoms with Crippen LogP contribution < -0.4 is 11.0 Å². The molecule has 1 aromatic carbocycles. The average molecular weight is 427 g/mol. The quantitative estimate of drug-likeness (QED) is 0.530. The highest BCUT2D eigenvalue weighted by Gasteiger charge is 2.31. The lowest BCUT2D eigenvalue weighted by atomic mass is 10.1. The molecule has 0 spiro atoms. The van der Waals surface area contributed by atoms with E-state index in [4.69, 9.17) is 4.42 Å². The van der Waals surface area contributed by atoms with Crippen molar-refractivity contribution in [3.05, 3.63) is 58.7 Å². The topological polar surface area (TPSA) is 82.1 Å². The molecule has 8 heteroatoms. The van der Waals surface area contributed by atoms with Gasteiger partial charge in [0.05, 0.1) is 19.2 Å². The molecule has 2 aromatic heterocycles.